The standard InChI is InChI=1S/C22H30O2/c23-17-5-1-3-7-19-9-13-21(14-10-19)22-15-11-20(12-16-22)8-4-2-6-18-24/h9-16,23-24H,1-8,17-18H2. The molecule has 0 bridgehead atoms. The Morgan fingerprint density at radius 1 is 0.458 bits per heavy atom. The van der Waals surface area contributed by atoms with Gasteiger partial charge in [0.2, 0.25) is 0 Å². The van der Waals surface area contributed by atoms with Gasteiger partial charge in [0.1, 0.15) is 0 Å². The summed E-state index contributed by atoms with van der Waals surface area (Å²) in [4.78, 5) is 0. The Bertz CT molecular complexity index is 504. The minimum atomic E-state index is 0.302. The maximum Gasteiger partial charge on any atom is 0.0431 e. The van der Waals surface area contributed by atoms with Crippen LogP contribution < -0.4 is 0 Å². The molecule has 0 heterocycles. The number of rotatable bonds is 11. The van der Waals surface area contributed by atoms with Gasteiger partial charge < -0.3 is 10.2 Å². The molecule has 24 heavy (non-hydrogen) atoms. The largest absolute Gasteiger partial charge is 0.396 e. The number of hydrogen-bond donors (Lipinski definition) is 2. The summed E-state index contributed by atoms with van der Waals surface area (Å²) in [5.41, 5.74) is 5.27. The van der Waals surface area contributed by atoms with Gasteiger partial charge in [0.05, 0.1) is 0 Å². The zero-order chi connectivity index (χ0) is 17.0. The average Bonchev–Trinajstić information content (AvgIpc) is 2.64. The van der Waals surface area contributed by atoms with E-state index in [1.807, 2.05) is 0 Å². The second-order valence-electron chi connectivity index (χ2n) is 6.46. The van der Waals surface area contributed by atoms with Gasteiger partial charge in [-0.05, 0) is 60.8 Å². The predicted molar refractivity (Wildman–Crippen MR) is 101 cm³/mol. The summed E-state index contributed by atoms with van der Waals surface area (Å²) in [6.45, 7) is 0.604. The van der Waals surface area contributed by atoms with Gasteiger partial charge in [0, 0.05) is 13.2 Å². The van der Waals surface area contributed by atoms with Crippen LogP contribution in [0.1, 0.15) is 49.7 Å². The van der Waals surface area contributed by atoms with E-state index >= 15 is 0 Å². The maximum atomic E-state index is 8.81. The van der Waals surface area contributed by atoms with E-state index < -0.39 is 0 Å². The fraction of sp³-hybridized carbons (Fsp3) is 0.455. The quantitative estimate of drug-likeness (QED) is 0.584. The summed E-state index contributed by atoms with van der Waals surface area (Å²) >= 11 is 0. The molecule has 0 spiro atoms. The van der Waals surface area contributed by atoms with Crippen LogP contribution in [0.4, 0.5) is 0 Å². The molecule has 0 aliphatic rings. The van der Waals surface area contributed by atoms with Crippen molar-refractivity contribution in [2.45, 2.75) is 51.4 Å². The molecule has 2 N–H and O–H groups in total. The Hall–Kier alpha value is -1.64. The van der Waals surface area contributed by atoms with Crippen molar-refractivity contribution in [1.82, 2.24) is 0 Å². The van der Waals surface area contributed by atoms with Gasteiger partial charge in [-0.25, -0.2) is 0 Å². The van der Waals surface area contributed by atoms with Gasteiger partial charge in [-0.2, -0.15) is 0 Å². The van der Waals surface area contributed by atoms with E-state index in [1.165, 1.54) is 22.3 Å². The summed E-state index contributed by atoms with van der Waals surface area (Å²) in [6.07, 6.45) is 8.47. The highest BCUT2D eigenvalue weighted by Gasteiger charge is 2.00. The minimum absolute atomic E-state index is 0.302. The molecule has 2 rings (SSSR count). The van der Waals surface area contributed by atoms with Crippen LogP contribution in [0.25, 0.3) is 11.1 Å². The molecule has 0 radical (unpaired) electrons. The molecule has 0 saturated carbocycles. The molecule has 2 heteroatoms. The van der Waals surface area contributed by atoms with Gasteiger partial charge in [0.25, 0.3) is 0 Å². The summed E-state index contributed by atoms with van der Waals surface area (Å²) < 4.78 is 0. The summed E-state index contributed by atoms with van der Waals surface area (Å²) in [7, 11) is 0. The smallest absolute Gasteiger partial charge is 0.0431 e. The molecule has 0 aromatic heterocycles. The first-order chi connectivity index (χ1) is 11.8. The molecule has 0 fully saturated rings. The lowest BCUT2D eigenvalue weighted by Crippen LogP contribution is -1.89. The number of benzene rings is 2. The number of aryl methyl sites for hydroxylation is 2. The van der Waals surface area contributed by atoms with E-state index in [1.54, 1.807) is 0 Å². The monoisotopic (exact) mass is 326 g/mol. The van der Waals surface area contributed by atoms with E-state index in [4.69, 9.17) is 10.2 Å². The van der Waals surface area contributed by atoms with Crippen molar-refractivity contribution < 1.29 is 10.2 Å². The fourth-order valence-corrected chi connectivity index (χ4v) is 2.96. The van der Waals surface area contributed by atoms with Gasteiger partial charge in [0.15, 0.2) is 0 Å². The highest BCUT2D eigenvalue weighted by atomic mass is 16.3. The molecule has 0 saturated heterocycles. The summed E-state index contributed by atoms with van der Waals surface area (Å²) in [6, 6.07) is 17.7. The normalized spacial score (nSPS) is 10.9. The molecule has 130 valence electrons. The zero-order valence-electron chi connectivity index (χ0n) is 14.6. The van der Waals surface area contributed by atoms with Crippen LogP contribution in [-0.4, -0.2) is 23.4 Å². The van der Waals surface area contributed by atoms with Crippen molar-refractivity contribution in [2.75, 3.05) is 13.2 Å². The van der Waals surface area contributed by atoms with Crippen molar-refractivity contribution in [3.8, 4) is 11.1 Å². The molecule has 2 aromatic carbocycles. The lowest BCUT2D eigenvalue weighted by atomic mass is 9.99. The van der Waals surface area contributed by atoms with E-state index in [0.717, 1.165) is 51.4 Å². The van der Waals surface area contributed by atoms with Crippen LogP contribution in [0.3, 0.4) is 0 Å². The Morgan fingerprint density at radius 3 is 1.17 bits per heavy atom. The predicted octanol–water partition coefficient (Wildman–Crippen LogP) is 4.76. The zero-order valence-corrected chi connectivity index (χ0v) is 14.6. The van der Waals surface area contributed by atoms with Gasteiger partial charge in [-0.3, -0.25) is 0 Å². The Kier molecular flexibility index (Phi) is 8.58. The van der Waals surface area contributed by atoms with Crippen molar-refractivity contribution in [1.29, 1.82) is 0 Å². The topological polar surface area (TPSA) is 40.5 Å². The highest BCUT2D eigenvalue weighted by molar-refractivity contribution is 5.63. The second kappa shape index (κ2) is 11.0. The van der Waals surface area contributed by atoms with Crippen molar-refractivity contribution >= 4 is 0 Å². The third-order valence-corrected chi connectivity index (χ3v) is 4.49. The third kappa shape index (κ3) is 6.46. The SMILES string of the molecule is OCCCCCc1ccc(-c2ccc(CCCCCO)cc2)cc1. The lowest BCUT2D eigenvalue weighted by molar-refractivity contribution is 0.283. The minimum Gasteiger partial charge on any atom is -0.396 e. The van der Waals surface area contributed by atoms with E-state index in [-0.39, 0.29) is 0 Å². The van der Waals surface area contributed by atoms with Crippen LogP contribution in [-0.2, 0) is 12.8 Å². The number of aliphatic hydroxyl groups is 2. The molecule has 2 aromatic rings. The number of unbranched alkanes of at least 4 members (excludes halogenated alkanes) is 4. The first kappa shape index (κ1) is 18.7. The Balaban J connectivity index is 1.84. The van der Waals surface area contributed by atoms with Crippen LogP contribution in [0.15, 0.2) is 48.5 Å². The first-order valence-electron chi connectivity index (χ1n) is 9.23. The van der Waals surface area contributed by atoms with Gasteiger partial charge in [-0.15, -0.1) is 0 Å². The molecule has 0 unspecified atom stereocenters. The van der Waals surface area contributed by atoms with Gasteiger partial charge in [-0.1, -0.05) is 61.4 Å². The van der Waals surface area contributed by atoms with Crippen molar-refractivity contribution in [3.63, 3.8) is 0 Å². The molecule has 0 aliphatic carbocycles. The van der Waals surface area contributed by atoms with Crippen LogP contribution in [0.5, 0.6) is 0 Å². The van der Waals surface area contributed by atoms with Gasteiger partial charge >= 0.3 is 0 Å². The molecular weight excluding hydrogens is 296 g/mol. The van der Waals surface area contributed by atoms with Crippen molar-refractivity contribution in [2.24, 2.45) is 0 Å². The molecule has 0 amide bonds. The van der Waals surface area contributed by atoms with E-state index in [2.05, 4.69) is 48.5 Å². The average molecular weight is 326 g/mol. The first-order valence-corrected chi connectivity index (χ1v) is 9.23. The second-order valence-corrected chi connectivity index (χ2v) is 6.46. The van der Waals surface area contributed by atoms with Crippen LogP contribution >= 0.6 is 0 Å². The van der Waals surface area contributed by atoms with Crippen molar-refractivity contribution in [3.05, 3.63) is 59.7 Å². The Labute approximate surface area is 146 Å². The summed E-state index contributed by atoms with van der Waals surface area (Å²) in [5, 5.41) is 17.6. The third-order valence-electron chi connectivity index (χ3n) is 4.49. The lowest BCUT2D eigenvalue weighted by Gasteiger charge is -2.06. The fourth-order valence-electron chi connectivity index (χ4n) is 2.96. The maximum absolute atomic E-state index is 8.81. The molecule has 0 atom stereocenters. The number of hydrogen-bond acceptors (Lipinski definition) is 2. The van der Waals surface area contributed by atoms with Crippen LogP contribution in [0.2, 0.25) is 0 Å². The molecule has 2 nitrogen and oxygen atoms in total. The van der Waals surface area contributed by atoms with E-state index in [0.29, 0.717) is 13.2 Å². The molecule has 0 aliphatic heterocycles. The highest BCUT2D eigenvalue weighted by Crippen LogP contribution is 2.21. The van der Waals surface area contributed by atoms with E-state index in [9.17, 15) is 0 Å². The Morgan fingerprint density at radius 2 is 0.833 bits per heavy atom. The number of aliphatic hydroxyl groups excluding tert-OH is 2. The summed E-state index contributed by atoms with van der Waals surface area (Å²) in [5.74, 6) is 0. The van der Waals surface area contributed by atoms with Crippen LogP contribution in [0, 0.1) is 0 Å². The molecular formula is C22H30O2.